The molecule has 5 heteroatoms. The van der Waals surface area contributed by atoms with E-state index < -0.39 is 11.2 Å². The Morgan fingerprint density at radius 1 is 1.67 bits per heavy atom. The molecule has 0 radical (unpaired) electrons. The molecule has 3 nitrogen and oxygen atoms in total. The summed E-state index contributed by atoms with van der Waals surface area (Å²) in [5.41, 5.74) is 0.465. The zero-order chi connectivity index (χ0) is 11.4. The Hall–Kier alpha value is -1.18. The Bertz CT molecular complexity index is 428. The number of hydrogen-bond donors (Lipinski definition) is 1. The van der Waals surface area contributed by atoms with Crippen molar-refractivity contribution in [1.82, 2.24) is 0 Å². The van der Waals surface area contributed by atoms with E-state index in [0.29, 0.717) is 15.5 Å². The van der Waals surface area contributed by atoms with Crippen molar-refractivity contribution in [2.45, 2.75) is 17.1 Å². The van der Waals surface area contributed by atoms with Crippen molar-refractivity contribution in [2.75, 3.05) is 0 Å². The van der Waals surface area contributed by atoms with Crippen LogP contribution in [-0.2, 0) is 4.79 Å². The molecule has 0 saturated carbocycles. The average molecular weight is 242 g/mol. The maximum atomic E-state index is 10.6. The highest BCUT2D eigenvalue weighted by molar-refractivity contribution is 8.00. The summed E-state index contributed by atoms with van der Waals surface area (Å²) in [6, 6.07) is 6.76. The van der Waals surface area contributed by atoms with Gasteiger partial charge < -0.3 is 5.11 Å². The normalized spacial score (nSPS) is 11.8. The SMILES string of the molecule is CC(Sc1ccc(C#N)cc1Cl)C(=O)O. The second-order valence-corrected chi connectivity index (χ2v) is 4.65. The summed E-state index contributed by atoms with van der Waals surface area (Å²) in [4.78, 5) is 11.3. The molecule has 0 fully saturated rings. The van der Waals surface area contributed by atoms with Gasteiger partial charge in [-0.1, -0.05) is 11.6 Å². The number of aliphatic carboxylic acids is 1. The maximum absolute atomic E-state index is 10.6. The number of nitrogens with zero attached hydrogens (tertiary/aromatic N) is 1. The van der Waals surface area contributed by atoms with Crippen molar-refractivity contribution >= 4 is 29.3 Å². The minimum absolute atomic E-state index is 0.409. The Morgan fingerprint density at radius 3 is 2.80 bits per heavy atom. The summed E-state index contributed by atoms with van der Waals surface area (Å²) in [5, 5.41) is 17.2. The number of benzene rings is 1. The highest BCUT2D eigenvalue weighted by Gasteiger charge is 2.14. The van der Waals surface area contributed by atoms with Gasteiger partial charge in [0.2, 0.25) is 0 Å². The fraction of sp³-hybridized carbons (Fsp3) is 0.200. The number of carboxylic acids is 1. The number of halogens is 1. The molecule has 1 aromatic rings. The summed E-state index contributed by atoms with van der Waals surface area (Å²) in [5.74, 6) is -0.888. The van der Waals surface area contributed by atoms with E-state index in [1.165, 1.54) is 6.07 Å². The monoisotopic (exact) mass is 241 g/mol. The van der Waals surface area contributed by atoms with Crippen LogP contribution in [0.4, 0.5) is 0 Å². The summed E-state index contributed by atoms with van der Waals surface area (Å²) in [6.07, 6.45) is 0. The fourth-order valence-electron chi connectivity index (χ4n) is 0.907. The molecule has 78 valence electrons. The van der Waals surface area contributed by atoms with E-state index in [2.05, 4.69) is 0 Å². The lowest BCUT2D eigenvalue weighted by molar-refractivity contribution is -0.136. The van der Waals surface area contributed by atoms with Gasteiger partial charge in [0.1, 0.15) is 5.25 Å². The lowest BCUT2D eigenvalue weighted by Crippen LogP contribution is -2.11. The van der Waals surface area contributed by atoms with Gasteiger partial charge in [-0.2, -0.15) is 5.26 Å². The van der Waals surface area contributed by atoms with E-state index in [1.54, 1.807) is 19.1 Å². The summed E-state index contributed by atoms with van der Waals surface area (Å²) >= 11 is 7.05. The lowest BCUT2D eigenvalue weighted by atomic mass is 10.2. The van der Waals surface area contributed by atoms with Gasteiger partial charge in [0.15, 0.2) is 0 Å². The molecule has 1 aromatic carbocycles. The molecule has 0 heterocycles. The molecule has 0 aliphatic rings. The van der Waals surface area contributed by atoms with Crippen LogP contribution < -0.4 is 0 Å². The second kappa shape index (κ2) is 5.06. The molecular formula is C10H8ClNO2S. The van der Waals surface area contributed by atoms with Crippen LogP contribution in [-0.4, -0.2) is 16.3 Å². The van der Waals surface area contributed by atoms with Crippen molar-refractivity contribution in [3.8, 4) is 6.07 Å². The minimum Gasteiger partial charge on any atom is -0.480 e. The van der Waals surface area contributed by atoms with Crippen LogP contribution in [0.15, 0.2) is 23.1 Å². The van der Waals surface area contributed by atoms with E-state index in [0.717, 1.165) is 11.8 Å². The lowest BCUT2D eigenvalue weighted by Gasteiger charge is -2.07. The van der Waals surface area contributed by atoms with Gasteiger partial charge in [-0.05, 0) is 25.1 Å². The number of rotatable bonds is 3. The van der Waals surface area contributed by atoms with Crippen LogP contribution in [0.1, 0.15) is 12.5 Å². The average Bonchev–Trinajstić information content (AvgIpc) is 2.20. The predicted molar refractivity (Wildman–Crippen MR) is 59.1 cm³/mol. The van der Waals surface area contributed by atoms with E-state index in [4.69, 9.17) is 22.0 Å². The molecule has 0 bridgehead atoms. The standard InChI is InChI=1S/C10H8ClNO2S/c1-6(10(13)14)15-9-3-2-7(5-12)4-8(9)11/h2-4,6H,1H3,(H,13,14). The quantitative estimate of drug-likeness (QED) is 0.827. The van der Waals surface area contributed by atoms with E-state index in [9.17, 15) is 4.79 Å². The number of thioether (sulfide) groups is 1. The van der Waals surface area contributed by atoms with Crippen molar-refractivity contribution in [1.29, 1.82) is 5.26 Å². The Morgan fingerprint density at radius 2 is 2.33 bits per heavy atom. The second-order valence-electron chi connectivity index (χ2n) is 2.86. The van der Waals surface area contributed by atoms with Crippen molar-refractivity contribution in [2.24, 2.45) is 0 Å². The van der Waals surface area contributed by atoms with E-state index in [1.807, 2.05) is 6.07 Å². The molecular weight excluding hydrogens is 234 g/mol. The van der Waals surface area contributed by atoms with Gasteiger partial charge in [0, 0.05) is 4.90 Å². The first-order valence-corrected chi connectivity index (χ1v) is 5.39. The van der Waals surface area contributed by atoms with Gasteiger partial charge in [0.25, 0.3) is 0 Å². The third-order valence-corrected chi connectivity index (χ3v) is 3.30. The zero-order valence-corrected chi connectivity index (χ0v) is 9.47. The van der Waals surface area contributed by atoms with Gasteiger partial charge in [-0.25, -0.2) is 0 Å². The number of carboxylic acid groups (broad SMARTS) is 1. The van der Waals surface area contributed by atoms with E-state index in [-0.39, 0.29) is 0 Å². The highest BCUT2D eigenvalue weighted by atomic mass is 35.5. The highest BCUT2D eigenvalue weighted by Crippen LogP contribution is 2.30. The third-order valence-electron chi connectivity index (χ3n) is 1.71. The number of nitriles is 1. The molecule has 0 saturated heterocycles. The molecule has 0 aliphatic heterocycles. The molecule has 0 spiro atoms. The minimum atomic E-state index is -0.888. The van der Waals surface area contributed by atoms with Crippen molar-refractivity contribution in [3.63, 3.8) is 0 Å². The molecule has 0 aromatic heterocycles. The van der Waals surface area contributed by atoms with Crippen molar-refractivity contribution in [3.05, 3.63) is 28.8 Å². The molecule has 1 atom stereocenters. The zero-order valence-electron chi connectivity index (χ0n) is 7.90. The third kappa shape index (κ3) is 3.15. The van der Waals surface area contributed by atoms with Crippen LogP contribution in [0.3, 0.4) is 0 Å². The summed E-state index contributed by atoms with van der Waals surface area (Å²) in [7, 11) is 0. The van der Waals surface area contributed by atoms with Crippen molar-refractivity contribution < 1.29 is 9.90 Å². The number of hydrogen-bond acceptors (Lipinski definition) is 3. The Labute approximate surface area is 96.7 Å². The first kappa shape index (κ1) is 11.9. The largest absolute Gasteiger partial charge is 0.480 e. The van der Waals surface area contributed by atoms with Gasteiger partial charge >= 0.3 is 5.97 Å². The van der Waals surface area contributed by atoms with Crippen LogP contribution in [0, 0.1) is 11.3 Å². The molecule has 0 amide bonds. The molecule has 1 N–H and O–H groups in total. The Kier molecular flexibility index (Phi) is 4.01. The number of carbonyl (C=O) groups is 1. The van der Waals surface area contributed by atoms with Crippen LogP contribution in [0.2, 0.25) is 5.02 Å². The smallest absolute Gasteiger partial charge is 0.316 e. The maximum Gasteiger partial charge on any atom is 0.316 e. The van der Waals surface area contributed by atoms with Gasteiger partial charge in [0.05, 0.1) is 16.7 Å². The van der Waals surface area contributed by atoms with Gasteiger partial charge in [-0.3, -0.25) is 4.79 Å². The fourth-order valence-corrected chi connectivity index (χ4v) is 2.02. The Balaban J connectivity index is 2.88. The first-order valence-electron chi connectivity index (χ1n) is 4.13. The summed E-state index contributed by atoms with van der Waals surface area (Å²) in [6.45, 7) is 1.58. The van der Waals surface area contributed by atoms with Crippen LogP contribution >= 0.6 is 23.4 Å². The summed E-state index contributed by atoms with van der Waals surface area (Å²) < 4.78 is 0. The van der Waals surface area contributed by atoms with E-state index >= 15 is 0 Å². The molecule has 15 heavy (non-hydrogen) atoms. The topological polar surface area (TPSA) is 61.1 Å². The molecule has 1 unspecified atom stereocenters. The van der Waals surface area contributed by atoms with Crippen LogP contribution in [0.5, 0.6) is 0 Å². The first-order chi connectivity index (χ1) is 7.04. The van der Waals surface area contributed by atoms with Gasteiger partial charge in [-0.15, -0.1) is 11.8 Å². The van der Waals surface area contributed by atoms with Crippen LogP contribution in [0.25, 0.3) is 0 Å². The molecule has 1 rings (SSSR count). The molecule has 0 aliphatic carbocycles. The predicted octanol–water partition coefficient (Wildman–Crippen LogP) is 2.78.